The molecule has 1 saturated heterocycles. The van der Waals surface area contributed by atoms with Gasteiger partial charge in [0.2, 0.25) is 11.8 Å². The van der Waals surface area contributed by atoms with E-state index < -0.39 is 23.6 Å². The second kappa shape index (κ2) is 9.07. The van der Waals surface area contributed by atoms with Crippen LogP contribution in [-0.4, -0.2) is 62.6 Å². The summed E-state index contributed by atoms with van der Waals surface area (Å²) in [6.45, 7) is 5.99. The number of carbonyl (C=O) groups excluding carboxylic acids is 2. The van der Waals surface area contributed by atoms with Gasteiger partial charge in [-0.3, -0.25) is 9.59 Å². The van der Waals surface area contributed by atoms with Crippen LogP contribution in [0.3, 0.4) is 0 Å². The molecule has 8 nitrogen and oxygen atoms in total. The van der Waals surface area contributed by atoms with Crippen molar-refractivity contribution in [1.82, 2.24) is 25.2 Å². The molecule has 33 heavy (non-hydrogen) atoms. The van der Waals surface area contributed by atoms with Crippen molar-refractivity contribution in [3.05, 3.63) is 48.7 Å². The van der Waals surface area contributed by atoms with E-state index in [4.69, 9.17) is 0 Å². The van der Waals surface area contributed by atoms with E-state index in [-0.39, 0.29) is 24.8 Å². The number of aliphatic hydroxyl groups excluding tert-OH is 1. The maximum Gasteiger partial charge on any atom is 0.248 e. The molecule has 2 aromatic heterocycles. The van der Waals surface area contributed by atoms with E-state index in [0.29, 0.717) is 5.69 Å². The van der Waals surface area contributed by atoms with Crippen LogP contribution in [0.5, 0.6) is 0 Å². The van der Waals surface area contributed by atoms with Gasteiger partial charge in [0.25, 0.3) is 0 Å². The number of aliphatic hydroxyl groups is 1. The van der Waals surface area contributed by atoms with Gasteiger partial charge in [-0.05, 0) is 23.1 Å². The molecule has 0 saturated carbocycles. The summed E-state index contributed by atoms with van der Waals surface area (Å²) < 4.78 is 1.59. The lowest BCUT2D eigenvalue weighted by atomic mass is 9.85. The Hall–Kier alpha value is -3.04. The van der Waals surface area contributed by atoms with Gasteiger partial charge in [-0.1, -0.05) is 56.3 Å². The summed E-state index contributed by atoms with van der Waals surface area (Å²) in [6, 6.07) is 12.8. The van der Waals surface area contributed by atoms with Crippen LogP contribution in [0.15, 0.2) is 48.7 Å². The van der Waals surface area contributed by atoms with E-state index in [1.54, 1.807) is 22.2 Å². The molecule has 1 aliphatic rings. The minimum atomic E-state index is -0.731. The maximum atomic E-state index is 13.7. The molecule has 1 aliphatic heterocycles. The molecule has 1 fully saturated rings. The normalized spacial score (nSPS) is 19.5. The van der Waals surface area contributed by atoms with Crippen LogP contribution >= 0.6 is 11.3 Å². The Morgan fingerprint density at radius 3 is 2.52 bits per heavy atom. The molecular formula is C24H29N5O3S. The van der Waals surface area contributed by atoms with Crippen LogP contribution in [0.4, 0.5) is 0 Å². The molecule has 1 aromatic carbocycles. The van der Waals surface area contributed by atoms with Crippen molar-refractivity contribution in [2.24, 2.45) is 5.41 Å². The monoisotopic (exact) mass is 467 g/mol. The van der Waals surface area contributed by atoms with E-state index in [0.717, 1.165) is 15.3 Å². The summed E-state index contributed by atoms with van der Waals surface area (Å²) >= 11 is 1.62. The van der Waals surface area contributed by atoms with E-state index in [9.17, 15) is 14.7 Å². The predicted octanol–water partition coefficient (Wildman–Crippen LogP) is 2.97. The minimum absolute atomic E-state index is 0.121. The highest BCUT2D eigenvalue weighted by molar-refractivity contribution is 7.18. The Balaban J connectivity index is 1.63. The quantitative estimate of drug-likeness (QED) is 0.601. The van der Waals surface area contributed by atoms with E-state index in [1.807, 2.05) is 45.0 Å². The van der Waals surface area contributed by atoms with Gasteiger partial charge in [-0.25, -0.2) is 4.68 Å². The second-order valence-electron chi connectivity index (χ2n) is 9.39. The maximum absolute atomic E-state index is 13.7. The molecule has 2 amide bonds. The number of nitrogens with zero attached hydrogens (tertiary/aromatic N) is 4. The third-order valence-corrected chi connectivity index (χ3v) is 7.01. The molecule has 4 rings (SSSR count). The largest absolute Gasteiger partial charge is 0.391 e. The number of rotatable bonds is 5. The number of amides is 2. The first kappa shape index (κ1) is 23.1. The summed E-state index contributed by atoms with van der Waals surface area (Å²) in [5, 5.41) is 21.4. The third-order valence-electron chi connectivity index (χ3n) is 5.86. The van der Waals surface area contributed by atoms with Gasteiger partial charge in [0.15, 0.2) is 0 Å². The number of thiophene rings is 1. The zero-order valence-electron chi connectivity index (χ0n) is 19.2. The summed E-state index contributed by atoms with van der Waals surface area (Å²) in [6.07, 6.45) is 1.28. The van der Waals surface area contributed by atoms with Crippen LogP contribution in [-0.2, 0) is 9.59 Å². The molecular weight excluding hydrogens is 438 g/mol. The van der Waals surface area contributed by atoms with Crippen molar-refractivity contribution >= 4 is 23.2 Å². The van der Waals surface area contributed by atoms with Gasteiger partial charge in [-0.15, -0.1) is 16.4 Å². The van der Waals surface area contributed by atoms with Crippen molar-refractivity contribution in [2.45, 2.75) is 45.4 Å². The molecule has 0 bridgehead atoms. The van der Waals surface area contributed by atoms with Gasteiger partial charge in [0.1, 0.15) is 17.8 Å². The molecule has 3 heterocycles. The molecule has 9 heteroatoms. The van der Waals surface area contributed by atoms with Gasteiger partial charge < -0.3 is 15.3 Å². The number of β-amino-alcohol motifs (C(OH)–C–C–N with tert-alkyl or cyclic N) is 1. The van der Waals surface area contributed by atoms with Crippen LogP contribution in [0, 0.1) is 5.41 Å². The van der Waals surface area contributed by atoms with Crippen LogP contribution in [0.1, 0.15) is 33.2 Å². The van der Waals surface area contributed by atoms with Crippen LogP contribution in [0.2, 0.25) is 0 Å². The fourth-order valence-corrected chi connectivity index (χ4v) is 5.22. The van der Waals surface area contributed by atoms with Crippen molar-refractivity contribution in [3.63, 3.8) is 0 Å². The molecule has 0 spiro atoms. The topological polar surface area (TPSA) is 100 Å². The zero-order chi connectivity index (χ0) is 23.8. The number of likely N-dealkylation sites (tertiary alicyclic amines) is 1. The lowest BCUT2D eigenvalue weighted by Crippen LogP contribution is -2.49. The first-order chi connectivity index (χ1) is 15.7. The summed E-state index contributed by atoms with van der Waals surface area (Å²) in [5.41, 5.74) is 1.33. The van der Waals surface area contributed by atoms with Gasteiger partial charge in [0.05, 0.1) is 17.2 Å². The first-order valence-electron chi connectivity index (χ1n) is 11.0. The number of hydrogen-bond donors (Lipinski definition) is 2. The summed E-state index contributed by atoms with van der Waals surface area (Å²) in [4.78, 5) is 29.6. The van der Waals surface area contributed by atoms with Crippen molar-refractivity contribution in [3.8, 4) is 21.0 Å². The fourth-order valence-electron chi connectivity index (χ4n) is 4.26. The highest BCUT2D eigenvalue weighted by atomic mass is 32.1. The van der Waals surface area contributed by atoms with Crippen LogP contribution in [0.25, 0.3) is 21.0 Å². The average molecular weight is 468 g/mol. The highest BCUT2D eigenvalue weighted by Gasteiger charge is 2.45. The Kier molecular flexibility index (Phi) is 6.36. The Labute approximate surface area is 197 Å². The predicted molar refractivity (Wildman–Crippen MR) is 127 cm³/mol. The number of likely N-dealkylation sites (N-methyl/N-ethyl adjacent to an activating group) is 1. The zero-order valence-corrected chi connectivity index (χ0v) is 20.0. The van der Waals surface area contributed by atoms with Gasteiger partial charge in [0, 0.05) is 24.9 Å². The molecule has 3 atom stereocenters. The minimum Gasteiger partial charge on any atom is -0.391 e. The second-order valence-corrected chi connectivity index (χ2v) is 10.5. The number of carbonyl (C=O) groups is 2. The Bertz CT molecular complexity index is 1130. The summed E-state index contributed by atoms with van der Waals surface area (Å²) in [5.74, 6) is -0.529. The molecule has 0 unspecified atom stereocenters. The van der Waals surface area contributed by atoms with Crippen molar-refractivity contribution in [1.29, 1.82) is 0 Å². The molecule has 2 N–H and O–H groups in total. The number of hydrogen-bond acceptors (Lipinski definition) is 6. The van der Waals surface area contributed by atoms with E-state index in [1.165, 1.54) is 11.9 Å². The molecule has 0 aliphatic carbocycles. The van der Waals surface area contributed by atoms with E-state index >= 15 is 0 Å². The van der Waals surface area contributed by atoms with Gasteiger partial charge in [-0.2, -0.15) is 0 Å². The van der Waals surface area contributed by atoms with Crippen molar-refractivity contribution < 1.29 is 14.7 Å². The summed E-state index contributed by atoms with van der Waals surface area (Å²) in [7, 11) is 1.53. The smallest absolute Gasteiger partial charge is 0.248 e. The third kappa shape index (κ3) is 4.69. The number of nitrogens with one attached hydrogen (secondary N) is 1. The lowest BCUT2D eigenvalue weighted by Gasteiger charge is -2.34. The fraction of sp³-hybridized carbons (Fsp3) is 0.417. The Morgan fingerprint density at radius 2 is 1.85 bits per heavy atom. The van der Waals surface area contributed by atoms with Crippen LogP contribution < -0.4 is 5.32 Å². The standard InChI is InChI=1S/C24H29N5O3S/c1-24(2,3)21(23(32)28-13-16(30)12-18(28)22(31)25-4)29-14-17(26-27-29)20-11-10-19(33-20)15-8-6-5-7-9-15/h5-11,14,16,18,21,30H,12-13H2,1-4H3,(H,25,31)/t16-,18+,21-/m1/s1. The molecule has 0 radical (unpaired) electrons. The highest BCUT2D eigenvalue weighted by Crippen LogP contribution is 2.37. The Morgan fingerprint density at radius 1 is 1.15 bits per heavy atom. The molecule has 3 aromatic rings. The molecule has 174 valence electrons. The number of benzene rings is 1. The average Bonchev–Trinajstić information content (AvgIpc) is 3.52. The first-order valence-corrected chi connectivity index (χ1v) is 11.8. The number of aromatic nitrogens is 3. The van der Waals surface area contributed by atoms with E-state index in [2.05, 4.69) is 33.8 Å². The van der Waals surface area contributed by atoms with Crippen molar-refractivity contribution in [2.75, 3.05) is 13.6 Å². The van der Waals surface area contributed by atoms with Gasteiger partial charge >= 0.3 is 0 Å². The SMILES string of the molecule is CNC(=O)[C@@H]1C[C@@H](O)CN1C(=O)[C@@H](n1cc(-c2ccc(-c3ccccc3)s2)nn1)C(C)(C)C. The lowest BCUT2D eigenvalue weighted by molar-refractivity contribution is -0.144.